The van der Waals surface area contributed by atoms with Crippen LogP contribution in [-0.4, -0.2) is 50.4 Å². The van der Waals surface area contributed by atoms with E-state index in [0.29, 0.717) is 12.2 Å². The molecule has 1 amide bonds. The number of carbonyl (C=O) groups is 1. The maximum absolute atomic E-state index is 11.3. The Morgan fingerprint density at radius 2 is 2.18 bits per heavy atom. The van der Waals surface area contributed by atoms with E-state index >= 15 is 0 Å². The first-order valence-electron chi connectivity index (χ1n) is 5.85. The van der Waals surface area contributed by atoms with Gasteiger partial charge in [-0.3, -0.25) is 10.2 Å². The van der Waals surface area contributed by atoms with Crippen LogP contribution in [0, 0.1) is 0 Å². The van der Waals surface area contributed by atoms with Crippen molar-refractivity contribution < 1.29 is 13.2 Å². The van der Waals surface area contributed by atoms with Crippen molar-refractivity contribution in [1.82, 2.24) is 10.3 Å². The SMILES string of the molecule is CN(CCCCC(=O)NN)C1CCS(=O)(=O)C1. The lowest BCUT2D eigenvalue weighted by Gasteiger charge is -2.22. The summed E-state index contributed by atoms with van der Waals surface area (Å²) in [5.41, 5.74) is 2.09. The van der Waals surface area contributed by atoms with Gasteiger partial charge in [-0.05, 0) is 32.9 Å². The zero-order valence-electron chi connectivity index (χ0n) is 10.2. The van der Waals surface area contributed by atoms with Crippen LogP contribution in [0.15, 0.2) is 0 Å². The topological polar surface area (TPSA) is 92.5 Å². The summed E-state index contributed by atoms with van der Waals surface area (Å²) in [6.07, 6.45) is 2.79. The van der Waals surface area contributed by atoms with E-state index in [1.54, 1.807) is 0 Å². The predicted molar refractivity (Wildman–Crippen MR) is 65.9 cm³/mol. The molecule has 1 saturated heterocycles. The summed E-state index contributed by atoms with van der Waals surface area (Å²) in [6.45, 7) is 0.817. The lowest BCUT2D eigenvalue weighted by molar-refractivity contribution is -0.121. The number of unbranched alkanes of at least 4 members (excludes halogenated alkanes) is 1. The van der Waals surface area contributed by atoms with Crippen molar-refractivity contribution in [3.8, 4) is 0 Å². The first kappa shape index (κ1) is 14.4. The molecule has 0 aliphatic carbocycles. The van der Waals surface area contributed by atoms with Gasteiger partial charge < -0.3 is 4.90 Å². The third kappa shape index (κ3) is 5.01. The Labute approximate surface area is 102 Å². The Hall–Kier alpha value is -0.660. The fourth-order valence-corrected chi connectivity index (χ4v) is 3.83. The molecule has 0 saturated carbocycles. The number of hydrogen-bond acceptors (Lipinski definition) is 5. The minimum atomic E-state index is -2.81. The van der Waals surface area contributed by atoms with Crippen LogP contribution in [-0.2, 0) is 14.6 Å². The van der Waals surface area contributed by atoms with E-state index in [4.69, 9.17) is 5.84 Å². The van der Waals surface area contributed by atoms with E-state index in [1.165, 1.54) is 0 Å². The van der Waals surface area contributed by atoms with E-state index in [1.807, 2.05) is 7.05 Å². The van der Waals surface area contributed by atoms with Crippen LogP contribution in [0.3, 0.4) is 0 Å². The van der Waals surface area contributed by atoms with Crippen molar-refractivity contribution in [3.05, 3.63) is 0 Å². The van der Waals surface area contributed by atoms with Crippen LogP contribution in [0.25, 0.3) is 0 Å². The van der Waals surface area contributed by atoms with Crippen LogP contribution >= 0.6 is 0 Å². The maximum atomic E-state index is 11.3. The summed E-state index contributed by atoms with van der Waals surface area (Å²) in [6, 6.07) is 0.142. The van der Waals surface area contributed by atoms with Crippen molar-refractivity contribution in [2.45, 2.75) is 31.7 Å². The Kier molecular flexibility index (Phi) is 5.35. The normalized spacial score (nSPS) is 22.9. The predicted octanol–water partition coefficient (Wildman–Crippen LogP) is -0.734. The van der Waals surface area contributed by atoms with Gasteiger partial charge in [0.05, 0.1) is 11.5 Å². The van der Waals surface area contributed by atoms with Crippen molar-refractivity contribution in [1.29, 1.82) is 0 Å². The summed E-state index contributed by atoms with van der Waals surface area (Å²) in [5.74, 6) is 5.38. The molecule has 100 valence electrons. The molecule has 1 unspecified atom stereocenters. The number of nitrogens with two attached hydrogens (primary N) is 1. The average Bonchev–Trinajstić information content (AvgIpc) is 2.64. The molecule has 0 aromatic carbocycles. The third-order valence-corrected chi connectivity index (χ3v) is 4.91. The highest BCUT2D eigenvalue weighted by atomic mass is 32.2. The molecule has 7 heteroatoms. The van der Waals surface area contributed by atoms with Gasteiger partial charge in [0.2, 0.25) is 5.91 Å². The monoisotopic (exact) mass is 263 g/mol. The summed E-state index contributed by atoms with van der Waals surface area (Å²) >= 11 is 0. The molecule has 0 aromatic rings. The summed E-state index contributed by atoms with van der Waals surface area (Å²) in [4.78, 5) is 12.9. The van der Waals surface area contributed by atoms with Crippen LogP contribution in [0.5, 0.6) is 0 Å². The standard InChI is InChI=1S/C10H21N3O3S/c1-13(6-3-2-4-10(14)12-11)9-5-7-17(15,16)8-9/h9H,2-8,11H2,1H3,(H,12,14). The van der Waals surface area contributed by atoms with E-state index in [-0.39, 0.29) is 17.7 Å². The third-order valence-electron chi connectivity index (χ3n) is 3.16. The Bertz CT molecular complexity index is 356. The van der Waals surface area contributed by atoms with Gasteiger partial charge in [0, 0.05) is 12.5 Å². The number of carbonyl (C=O) groups excluding carboxylic acids is 1. The molecule has 0 aromatic heterocycles. The van der Waals surface area contributed by atoms with Gasteiger partial charge in [0.1, 0.15) is 0 Å². The Balaban J connectivity index is 2.18. The molecular formula is C10H21N3O3S. The van der Waals surface area contributed by atoms with E-state index < -0.39 is 9.84 Å². The number of amides is 1. The zero-order chi connectivity index (χ0) is 12.9. The van der Waals surface area contributed by atoms with Gasteiger partial charge >= 0.3 is 0 Å². The molecule has 6 nitrogen and oxygen atoms in total. The molecule has 1 rings (SSSR count). The highest BCUT2D eigenvalue weighted by molar-refractivity contribution is 7.91. The minimum absolute atomic E-state index is 0.142. The first-order chi connectivity index (χ1) is 7.94. The lowest BCUT2D eigenvalue weighted by Crippen LogP contribution is -2.33. The lowest BCUT2D eigenvalue weighted by atomic mass is 10.2. The fraction of sp³-hybridized carbons (Fsp3) is 0.900. The second-order valence-corrected chi connectivity index (χ2v) is 6.79. The minimum Gasteiger partial charge on any atom is -0.302 e. The molecule has 17 heavy (non-hydrogen) atoms. The Morgan fingerprint density at radius 3 is 2.71 bits per heavy atom. The number of sulfone groups is 1. The van der Waals surface area contributed by atoms with Crippen LogP contribution < -0.4 is 11.3 Å². The molecule has 0 spiro atoms. The van der Waals surface area contributed by atoms with Gasteiger partial charge in [0.25, 0.3) is 0 Å². The van der Waals surface area contributed by atoms with Crippen LogP contribution in [0.4, 0.5) is 0 Å². The number of nitrogens with zero attached hydrogens (tertiary/aromatic N) is 1. The van der Waals surface area contributed by atoms with E-state index in [9.17, 15) is 13.2 Å². The summed E-state index contributed by atoms with van der Waals surface area (Å²) in [5, 5.41) is 0. The van der Waals surface area contributed by atoms with Gasteiger partial charge in [-0.15, -0.1) is 0 Å². The van der Waals surface area contributed by atoms with E-state index in [0.717, 1.165) is 25.8 Å². The smallest absolute Gasteiger partial charge is 0.233 e. The molecule has 1 aliphatic heterocycles. The van der Waals surface area contributed by atoms with Gasteiger partial charge in [-0.2, -0.15) is 0 Å². The average molecular weight is 263 g/mol. The quantitative estimate of drug-likeness (QED) is 0.285. The highest BCUT2D eigenvalue weighted by Gasteiger charge is 2.30. The molecule has 0 bridgehead atoms. The summed E-state index contributed by atoms with van der Waals surface area (Å²) in [7, 11) is -0.872. The molecule has 1 aliphatic rings. The first-order valence-corrected chi connectivity index (χ1v) is 7.67. The summed E-state index contributed by atoms with van der Waals surface area (Å²) < 4.78 is 22.6. The largest absolute Gasteiger partial charge is 0.302 e. The molecule has 3 N–H and O–H groups in total. The van der Waals surface area contributed by atoms with Gasteiger partial charge in [-0.1, -0.05) is 0 Å². The number of hydrogen-bond donors (Lipinski definition) is 2. The molecule has 0 radical (unpaired) electrons. The molecule has 1 atom stereocenters. The van der Waals surface area contributed by atoms with Crippen molar-refractivity contribution in [2.24, 2.45) is 5.84 Å². The molecule has 1 heterocycles. The van der Waals surface area contributed by atoms with Crippen LogP contribution in [0.1, 0.15) is 25.7 Å². The molecular weight excluding hydrogens is 242 g/mol. The number of hydrazine groups is 1. The number of nitrogens with one attached hydrogen (secondary N) is 1. The van der Waals surface area contributed by atoms with E-state index in [2.05, 4.69) is 10.3 Å². The second kappa shape index (κ2) is 6.32. The zero-order valence-corrected chi connectivity index (χ0v) is 11.0. The number of rotatable bonds is 6. The second-order valence-electron chi connectivity index (χ2n) is 4.56. The Morgan fingerprint density at radius 1 is 1.47 bits per heavy atom. The fourth-order valence-electron chi connectivity index (χ4n) is 2.02. The maximum Gasteiger partial charge on any atom is 0.233 e. The van der Waals surface area contributed by atoms with Gasteiger partial charge in [0.15, 0.2) is 9.84 Å². The van der Waals surface area contributed by atoms with Crippen molar-refractivity contribution in [3.63, 3.8) is 0 Å². The highest BCUT2D eigenvalue weighted by Crippen LogP contribution is 2.16. The van der Waals surface area contributed by atoms with Crippen molar-refractivity contribution in [2.75, 3.05) is 25.1 Å². The van der Waals surface area contributed by atoms with Crippen LogP contribution in [0.2, 0.25) is 0 Å². The van der Waals surface area contributed by atoms with Crippen molar-refractivity contribution >= 4 is 15.7 Å². The van der Waals surface area contributed by atoms with Gasteiger partial charge in [-0.25, -0.2) is 14.3 Å². The molecule has 1 fully saturated rings.